The highest BCUT2D eigenvalue weighted by molar-refractivity contribution is 5.76. The minimum atomic E-state index is -1.56. The van der Waals surface area contributed by atoms with Gasteiger partial charge in [-0.25, -0.2) is 0 Å². The van der Waals surface area contributed by atoms with Crippen LogP contribution in [0.4, 0.5) is 0 Å². The standard InChI is InChI=1S/C55H105NO8/c1-3-5-7-9-11-12-13-14-15-16-17-18-19-20-21-22-23-24-25-26-27-28-29-30-31-32-33-34-35-36-37-38-39-41-43-45-51(59)56-48(49(58)44-42-40-10-8-6-4-2)47-63-55-54(62)53(61)52(60)50(46-57)64-55/h16-17,42,44,48-50,52-55,57-58,60-62H,3-15,18-41,43,45-47H2,1-2H3,(H,56,59)/b17-16-,44-42+. The van der Waals surface area contributed by atoms with E-state index >= 15 is 0 Å². The second kappa shape index (κ2) is 45.5. The normalized spacial score (nSPS) is 20.1. The molecule has 0 bridgehead atoms. The molecule has 7 atom stereocenters. The van der Waals surface area contributed by atoms with E-state index in [1.165, 1.54) is 199 Å². The number of aliphatic hydroxyl groups is 5. The van der Waals surface area contributed by atoms with Crippen LogP contribution in [0.3, 0.4) is 0 Å². The molecule has 9 heteroatoms. The molecule has 0 aromatic rings. The fourth-order valence-corrected chi connectivity index (χ4v) is 8.86. The van der Waals surface area contributed by atoms with Crippen molar-refractivity contribution in [1.82, 2.24) is 5.32 Å². The van der Waals surface area contributed by atoms with E-state index in [0.29, 0.717) is 6.42 Å². The van der Waals surface area contributed by atoms with Crippen LogP contribution >= 0.6 is 0 Å². The minimum absolute atomic E-state index is 0.178. The van der Waals surface area contributed by atoms with E-state index in [1.807, 2.05) is 6.08 Å². The molecule has 9 nitrogen and oxygen atoms in total. The summed E-state index contributed by atoms with van der Waals surface area (Å²) in [5.41, 5.74) is 0. The average Bonchev–Trinajstić information content (AvgIpc) is 3.29. The van der Waals surface area contributed by atoms with Crippen molar-refractivity contribution < 1.29 is 39.8 Å². The molecule has 0 aromatic carbocycles. The predicted octanol–water partition coefficient (Wildman–Crippen LogP) is 13.0. The number of aliphatic hydroxyl groups excluding tert-OH is 5. The van der Waals surface area contributed by atoms with Gasteiger partial charge in [0.15, 0.2) is 6.29 Å². The van der Waals surface area contributed by atoms with Gasteiger partial charge in [-0.2, -0.15) is 0 Å². The summed E-state index contributed by atoms with van der Waals surface area (Å²) in [6.07, 6.45) is 50.3. The number of rotatable bonds is 47. The third-order valence-electron chi connectivity index (χ3n) is 13.3. The van der Waals surface area contributed by atoms with Crippen molar-refractivity contribution in [1.29, 1.82) is 0 Å². The van der Waals surface area contributed by atoms with Gasteiger partial charge in [0.25, 0.3) is 0 Å². The molecular formula is C55H105NO8. The first-order chi connectivity index (χ1) is 31.3. The second-order valence-corrected chi connectivity index (χ2v) is 19.4. The van der Waals surface area contributed by atoms with Crippen LogP contribution < -0.4 is 5.32 Å². The highest BCUT2D eigenvalue weighted by Gasteiger charge is 2.44. The van der Waals surface area contributed by atoms with Gasteiger partial charge in [-0.3, -0.25) is 4.79 Å². The van der Waals surface area contributed by atoms with Gasteiger partial charge in [-0.15, -0.1) is 0 Å². The van der Waals surface area contributed by atoms with Crippen LogP contribution in [-0.4, -0.2) is 87.5 Å². The van der Waals surface area contributed by atoms with Crippen LogP contribution in [0, 0.1) is 0 Å². The molecule has 1 amide bonds. The van der Waals surface area contributed by atoms with E-state index in [4.69, 9.17) is 9.47 Å². The van der Waals surface area contributed by atoms with Crippen molar-refractivity contribution >= 4 is 5.91 Å². The molecule has 0 spiro atoms. The number of amides is 1. The average molecular weight is 908 g/mol. The monoisotopic (exact) mass is 908 g/mol. The molecule has 1 aliphatic heterocycles. The van der Waals surface area contributed by atoms with Crippen LogP contribution in [0.5, 0.6) is 0 Å². The van der Waals surface area contributed by atoms with Crippen LogP contribution in [0.1, 0.15) is 264 Å². The van der Waals surface area contributed by atoms with Crippen LogP contribution in [0.2, 0.25) is 0 Å². The van der Waals surface area contributed by atoms with Crippen molar-refractivity contribution in [3.63, 3.8) is 0 Å². The first kappa shape index (κ1) is 60.7. The van der Waals surface area contributed by atoms with Gasteiger partial charge in [0.1, 0.15) is 24.4 Å². The van der Waals surface area contributed by atoms with Gasteiger partial charge >= 0.3 is 0 Å². The smallest absolute Gasteiger partial charge is 0.220 e. The lowest BCUT2D eigenvalue weighted by Gasteiger charge is -2.40. The summed E-state index contributed by atoms with van der Waals surface area (Å²) in [6, 6.07) is -0.798. The maximum atomic E-state index is 12.9. The molecule has 1 fully saturated rings. The zero-order valence-corrected chi connectivity index (χ0v) is 41.8. The van der Waals surface area contributed by atoms with E-state index < -0.39 is 49.5 Å². The zero-order valence-electron chi connectivity index (χ0n) is 41.8. The van der Waals surface area contributed by atoms with E-state index in [0.717, 1.165) is 44.9 Å². The Kier molecular flexibility index (Phi) is 43.1. The van der Waals surface area contributed by atoms with Crippen molar-refractivity contribution in [3.05, 3.63) is 24.3 Å². The Morgan fingerprint density at radius 1 is 0.516 bits per heavy atom. The van der Waals surface area contributed by atoms with Gasteiger partial charge in [0.2, 0.25) is 5.91 Å². The Bertz CT molecular complexity index is 1060. The summed E-state index contributed by atoms with van der Waals surface area (Å²) in [4.78, 5) is 12.9. The number of nitrogens with one attached hydrogen (secondary N) is 1. The zero-order chi connectivity index (χ0) is 46.6. The summed E-state index contributed by atoms with van der Waals surface area (Å²) >= 11 is 0. The Morgan fingerprint density at radius 3 is 1.28 bits per heavy atom. The molecule has 1 aliphatic rings. The van der Waals surface area contributed by atoms with Crippen LogP contribution in [-0.2, 0) is 14.3 Å². The molecule has 1 rings (SSSR count). The molecule has 0 radical (unpaired) electrons. The van der Waals surface area contributed by atoms with E-state index in [1.54, 1.807) is 6.08 Å². The van der Waals surface area contributed by atoms with Crippen LogP contribution in [0.15, 0.2) is 24.3 Å². The molecule has 6 N–H and O–H groups in total. The molecule has 7 unspecified atom stereocenters. The number of carbonyl (C=O) groups is 1. The number of hydrogen-bond acceptors (Lipinski definition) is 8. The Hall–Kier alpha value is -1.33. The summed E-state index contributed by atoms with van der Waals surface area (Å²) in [5, 5.41) is 53.9. The first-order valence-corrected chi connectivity index (χ1v) is 27.6. The fraction of sp³-hybridized carbons (Fsp3) is 0.909. The molecule has 0 saturated carbocycles. The van der Waals surface area contributed by atoms with E-state index in [9.17, 15) is 30.3 Å². The molecule has 64 heavy (non-hydrogen) atoms. The van der Waals surface area contributed by atoms with Gasteiger partial charge in [0, 0.05) is 6.42 Å². The van der Waals surface area contributed by atoms with Gasteiger partial charge in [-0.05, 0) is 44.9 Å². The largest absolute Gasteiger partial charge is 0.394 e. The lowest BCUT2D eigenvalue weighted by Crippen LogP contribution is -2.60. The third kappa shape index (κ3) is 34.9. The highest BCUT2D eigenvalue weighted by atomic mass is 16.7. The van der Waals surface area contributed by atoms with Crippen molar-refractivity contribution in [3.8, 4) is 0 Å². The lowest BCUT2D eigenvalue weighted by atomic mass is 9.99. The molecule has 1 heterocycles. The lowest BCUT2D eigenvalue weighted by molar-refractivity contribution is -0.302. The second-order valence-electron chi connectivity index (χ2n) is 19.4. The molecule has 378 valence electrons. The number of hydrogen-bond donors (Lipinski definition) is 6. The number of allylic oxidation sites excluding steroid dienone is 3. The summed E-state index contributed by atoms with van der Waals surface area (Å²) < 4.78 is 11.2. The summed E-state index contributed by atoms with van der Waals surface area (Å²) in [5.74, 6) is -0.178. The Morgan fingerprint density at radius 2 is 0.875 bits per heavy atom. The first-order valence-electron chi connectivity index (χ1n) is 27.6. The van der Waals surface area contributed by atoms with Crippen molar-refractivity contribution in [2.24, 2.45) is 0 Å². The van der Waals surface area contributed by atoms with Gasteiger partial charge < -0.3 is 40.3 Å². The van der Waals surface area contributed by atoms with E-state index in [2.05, 4.69) is 31.3 Å². The maximum absolute atomic E-state index is 12.9. The molecular weight excluding hydrogens is 803 g/mol. The van der Waals surface area contributed by atoms with Crippen molar-refractivity contribution in [2.45, 2.75) is 307 Å². The topological polar surface area (TPSA) is 149 Å². The number of carbonyl (C=O) groups excluding carboxylic acids is 1. The highest BCUT2D eigenvalue weighted by Crippen LogP contribution is 2.23. The Balaban J connectivity index is 1.98. The maximum Gasteiger partial charge on any atom is 0.220 e. The number of ether oxygens (including phenoxy) is 2. The number of unbranched alkanes of at least 4 members (excludes halogenated alkanes) is 35. The SMILES string of the molecule is CCCCCC/C=C/C(O)C(COC1OC(CO)C(O)C(O)C1O)NC(=O)CCCCCCCCCCCCCCCCCCCCCCCCC/C=C\CCCCCCCCCC. The van der Waals surface area contributed by atoms with Gasteiger partial charge in [0.05, 0.1) is 25.4 Å². The third-order valence-corrected chi connectivity index (χ3v) is 13.3. The summed E-state index contributed by atoms with van der Waals surface area (Å²) in [7, 11) is 0. The molecule has 0 aromatic heterocycles. The summed E-state index contributed by atoms with van der Waals surface area (Å²) in [6.45, 7) is 3.70. The minimum Gasteiger partial charge on any atom is -0.394 e. The molecule has 1 saturated heterocycles. The Labute approximate surface area is 394 Å². The van der Waals surface area contributed by atoms with E-state index in [-0.39, 0.29) is 12.5 Å². The molecule has 0 aliphatic carbocycles. The van der Waals surface area contributed by atoms with Crippen molar-refractivity contribution in [2.75, 3.05) is 13.2 Å². The predicted molar refractivity (Wildman–Crippen MR) is 267 cm³/mol. The van der Waals surface area contributed by atoms with Gasteiger partial charge in [-0.1, -0.05) is 237 Å². The fourth-order valence-electron chi connectivity index (χ4n) is 8.86. The van der Waals surface area contributed by atoms with Crippen LogP contribution in [0.25, 0.3) is 0 Å². The quantitative estimate of drug-likeness (QED) is 0.0261.